The second-order valence-corrected chi connectivity index (χ2v) is 9.20. The lowest BCUT2D eigenvalue weighted by atomic mass is 9.75. The second-order valence-electron chi connectivity index (χ2n) is 8.29. The number of amides is 2. The van der Waals surface area contributed by atoms with E-state index in [2.05, 4.69) is 35.1 Å². The number of β-lactam (4-membered cyclic amide) rings is 1. The largest absolute Gasteiger partial charge is 0.323 e. The zero-order valence-corrected chi connectivity index (χ0v) is 19.4. The molecular weight excluding hydrogens is 452 g/mol. The van der Waals surface area contributed by atoms with Gasteiger partial charge in [-0.15, -0.1) is 0 Å². The summed E-state index contributed by atoms with van der Waals surface area (Å²) in [6.45, 7) is 6.23. The highest BCUT2D eigenvalue weighted by Crippen LogP contribution is 2.46. The molecule has 1 N–H and O–H groups in total. The van der Waals surface area contributed by atoms with E-state index in [1.807, 2.05) is 79.7 Å². The first-order valence-electron chi connectivity index (χ1n) is 10.4. The Bertz CT molecular complexity index is 1120. The normalized spacial score (nSPS) is 18.1. The Hall–Kier alpha value is -2.92. The van der Waals surface area contributed by atoms with Gasteiger partial charge in [-0.25, -0.2) is 0 Å². The first-order chi connectivity index (χ1) is 14.8. The maximum Gasteiger partial charge on any atom is 0.255 e. The second kappa shape index (κ2) is 8.31. The highest BCUT2D eigenvalue weighted by Gasteiger charge is 2.58. The van der Waals surface area contributed by atoms with Crippen molar-refractivity contribution >= 4 is 39.1 Å². The third-order valence-electron chi connectivity index (χ3n) is 5.95. The number of hydrogen-bond donors (Lipinski definition) is 1. The molecule has 1 aliphatic heterocycles. The number of rotatable bonds is 5. The van der Waals surface area contributed by atoms with Crippen molar-refractivity contribution in [1.82, 2.24) is 0 Å². The summed E-state index contributed by atoms with van der Waals surface area (Å²) in [6, 6.07) is 23.2. The molecule has 4 nitrogen and oxygen atoms in total. The monoisotopic (exact) mass is 476 g/mol. The van der Waals surface area contributed by atoms with Gasteiger partial charge in [-0.2, -0.15) is 0 Å². The summed E-state index contributed by atoms with van der Waals surface area (Å²) >= 11 is 3.44. The van der Waals surface area contributed by atoms with E-state index in [0.717, 1.165) is 21.3 Å². The van der Waals surface area contributed by atoms with Crippen LogP contribution in [0.3, 0.4) is 0 Å². The molecule has 0 radical (unpaired) electrons. The molecule has 1 aliphatic rings. The third-order valence-corrected chi connectivity index (χ3v) is 6.48. The highest BCUT2D eigenvalue weighted by atomic mass is 79.9. The number of anilines is 2. The van der Waals surface area contributed by atoms with Crippen molar-refractivity contribution in [2.45, 2.75) is 38.6 Å². The van der Waals surface area contributed by atoms with Crippen LogP contribution in [0.2, 0.25) is 0 Å². The summed E-state index contributed by atoms with van der Waals surface area (Å²) in [7, 11) is 0. The summed E-state index contributed by atoms with van der Waals surface area (Å²) in [5, 5.41) is 3.08. The minimum atomic E-state index is -1.09. The molecule has 0 saturated carbocycles. The Kier molecular flexibility index (Phi) is 5.71. The molecule has 2 amide bonds. The molecule has 0 bridgehead atoms. The average Bonchev–Trinajstić information content (AvgIpc) is 2.75. The molecule has 31 heavy (non-hydrogen) atoms. The summed E-state index contributed by atoms with van der Waals surface area (Å²) in [4.78, 5) is 28.2. The Labute approximate surface area is 191 Å². The van der Waals surface area contributed by atoms with E-state index in [4.69, 9.17) is 0 Å². The van der Waals surface area contributed by atoms with Gasteiger partial charge in [0.25, 0.3) is 5.91 Å². The number of halogens is 1. The van der Waals surface area contributed by atoms with E-state index in [1.54, 1.807) is 4.90 Å². The Morgan fingerprint density at radius 1 is 1.00 bits per heavy atom. The number of aryl methyl sites for hydroxylation is 1. The Morgan fingerprint density at radius 2 is 1.65 bits per heavy atom. The zero-order valence-electron chi connectivity index (χ0n) is 17.9. The van der Waals surface area contributed by atoms with Gasteiger partial charge in [-0.1, -0.05) is 72.2 Å². The molecule has 4 rings (SSSR count). The summed E-state index contributed by atoms with van der Waals surface area (Å²) in [6.07, 6.45) is 0.127. The van der Waals surface area contributed by atoms with Gasteiger partial charge in [0.05, 0.1) is 6.42 Å². The maximum absolute atomic E-state index is 13.8. The SMILES string of the molecule is Cc1ccccc1NC(=O)[C@]1(c2ccc(C(C)C)cc2)CC(=O)N1c1ccc(Br)cc1. The van der Waals surface area contributed by atoms with Crippen molar-refractivity contribution in [3.63, 3.8) is 0 Å². The van der Waals surface area contributed by atoms with Crippen LogP contribution in [-0.4, -0.2) is 11.8 Å². The van der Waals surface area contributed by atoms with E-state index in [9.17, 15) is 9.59 Å². The number of para-hydroxylation sites is 1. The molecule has 3 aromatic carbocycles. The van der Waals surface area contributed by atoms with Crippen molar-refractivity contribution < 1.29 is 9.59 Å². The number of carbonyl (C=O) groups is 2. The standard InChI is InChI=1S/C26H25BrN2O2/c1-17(2)19-8-10-20(11-9-19)26(25(31)28-23-7-5-4-6-18(23)3)16-24(30)29(26)22-14-12-21(27)13-15-22/h4-15,17H,16H2,1-3H3,(H,28,31)/t26-/m1/s1. The van der Waals surface area contributed by atoms with Crippen molar-refractivity contribution in [3.8, 4) is 0 Å². The quantitative estimate of drug-likeness (QED) is 0.448. The number of benzene rings is 3. The molecule has 0 aromatic heterocycles. The van der Waals surface area contributed by atoms with Crippen LogP contribution in [0.1, 0.15) is 42.9 Å². The fourth-order valence-corrected chi connectivity index (χ4v) is 4.34. The predicted octanol–water partition coefficient (Wildman–Crippen LogP) is 6.15. The summed E-state index contributed by atoms with van der Waals surface area (Å²) in [5.74, 6) is 0.105. The van der Waals surface area contributed by atoms with E-state index in [-0.39, 0.29) is 18.2 Å². The highest BCUT2D eigenvalue weighted by molar-refractivity contribution is 9.10. The van der Waals surface area contributed by atoms with Gasteiger partial charge in [0.2, 0.25) is 5.91 Å². The van der Waals surface area contributed by atoms with Crippen LogP contribution in [0.25, 0.3) is 0 Å². The van der Waals surface area contributed by atoms with Gasteiger partial charge in [0.1, 0.15) is 0 Å². The van der Waals surface area contributed by atoms with Crippen LogP contribution in [-0.2, 0) is 15.1 Å². The van der Waals surface area contributed by atoms with Crippen LogP contribution >= 0.6 is 15.9 Å². The van der Waals surface area contributed by atoms with Gasteiger partial charge in [-0.3, -0.25) is 14.5 Å². The predicted molar refractivity (Wildman–Crippen MR) is 128 cm³/mol. The number of hydrogen-bond acceptors (Lipinski definition) is 2. The summed E-state index contributed by atoms with van der Waals surface area (Å²) in [5.41, 5.74) is 3.34. The van der Waals surface area contributed by atoms with Crippen molar-refractivity contribution in [2.24, 2.45) is 0 Å². The maximum atomic E-state index is 13.8. The molecular formula is C26H25BrN2O2. The van der Waals surface area contributed by atoms with Crippen LogP contribution in [0.4, 0.5) is 11.4 Å². The lowest BCUT2D eigenvalue weighted by Gasteiger charge is -2.50. The Balaban J connectivity index is 1.80. The minimum Gasteiger partial charge on any atom is -0.323 e. The molecule has 0 spiro atoms. The van der Waals surface area contributed by atoms with E-state index >= 15 is 0 Å². The molecule has 1 fully saturated rings. The van der Waals surface area contributed by atoms with E-state index in [0.29, 0.717) is 11.6 Å². The van der Waals surface area contributed by atoms with Crippen LogP contribution in [0, 0.1) is 6.92 Å². The molecule has 1 atom stereocenters. The third kappa shape index (κ3) is 3.79. The number of nitrogens with one attached hydrogen (secondary N) is 1. The van der Waals surface area contributed by atoms with E-state index in [1.165, 1.54) is 5.56 Å². The minimum absolute atomic E-state index is 0.0739. The lowest BCUT2D eigenvalue weighted by Crippen LogP contribution is -2.67. The number of nitrogens with zero attached hydrogens (tertiary/aromatic N) is 1. The molecule has 158 valence electrons. The summed E-state index contributed by atoms with van der Waals surface area (Å²) < 4.78 is 0.917. The number of carbonyl (C=O) groups excluding carboxylic acids is 2. The molecule has 0 aliphatic carbocycles. The van der Waals surface area contributed by atoms with Crippen LogP contribution < -0.4 is 10.2 Å². The van der Waals surface area contributed by atoms with Gasteiger partial charge < -0.3 is 5.32 Å². The molecule has 5 heteroatoms. The zero-order chi connectivity index (χ0) is 22.2. The molecule has 1 saturated heterocycles. The van der Waals surface area contributed by atoms with Crippen LogP contribution in [0.5, 0.6) is 0 Å². The van der Waals surface area contributed by atoms with Gasteiger partial charge in [0, 0.05) is 15.8 Å². The fourth-order valence-electron chi connectivity index (χ4n) is 4.08. The van der Waals surface area contributed by atoms with Crippen molar-refractivity contribution in [2.75, 3.05) is 10.2 Å². The molecule has 1 heterocycles. The Morgan fingerprint density at radius 3 is 2.23 bits per heavy atom. The van der Waals surface area contributed by atoms with Gasteiger partial charge in [-0.05, 0) is 59.9 Å². The fraction of sp³-hybridized carbons (Fsp3) is 0.231. The van der Waals surface area contributed by atoms with E-state index < -0.39 is 5.54 Å². The van der Waals surface area contributed by atoms with Crippen LogP contribution in [0.15, 0.2) is 77.3 Å². The first-order valence-corrected chi connectivity index (χ1v) is 11.2. The smallest absolute Gasteiger partial charge is 0.255 e. The first kappa shape index (κ1) is 21.3. The molecule has 3 aromatic rings. The van der Waals surface area contributed by atoms with Gasteiger partial charge in [0.15, 0.2) is 5.54 Å². The molecule has 0 unspecified atom stereocenters. The van der Waals surface area contributed by atoms with Crippen molar-refractivity contribution in [3.05, 3.63) is 94.0 Å². The topological polar surface area (TPSA) is 49.4 Å². The van der Waals surface area contributed by atoms with Crippen molar-refractivity contribution in [1.29, 1.82) is 0 Å². The average molecular weight is 477 g/mol. The lowest BCUT2D eigenvalue weighted by molar-refractivity contribution is -0.137. The van der Waals surface area contributed by atoms with Gasteiger partial charge >= 0.3 is 0 Å².